The lowest BCUT2D eigenvalue weighted by molar-refractivity contribution is -0.381. The van der Waals surface area contributed by atoms with Gasteiger partial charge in [0.25, 0.3) is 0 Å². The van der Waals surface area contributed by atoms with Crippen LogP contribution in [0.15, 0.2) is 0 Å². The normalized spacial score (nSPS) is 48.8. The minimum absolute atomic E-state index is 0.470. The van der Waals surface area contributed by atoms with Crippen molar-refractivity contribution in [2.24, 2.45) is 17.8 Å². The third-order valence-electron chi connectivity index (χ3n) is 15.6. The van der Waals surface area contributed by atoms with Crippen molar-refractivity contribution in [1.29, 1.82) is 0 Å². The van der Waals surface area contributed by atoms with Gasteiger partial charge in [-0.3, -0.25) is 0 Å². The van der Waals surface area contributed by atoms with E-state index in [1.807, 2.05) is 0 Å². The molecule has 464 valence electrons. The number of hydrogen-bond acceptors (Lipinski definition) is 32. The average Bonchev–Trinajstić information content (AvgIpc) is 3.49. The molecule has 6 saturated heterocycles. The Morgan fingerprint density at radius 2 is 0.747 bits per heavy atom. The van der Waals surface area contributed by atoms with Crippen molar-refractivity contribution in [3.63, 3.8) is 0 Å². The molecule has 6 fully saturated rings. The fourth-order valence-corrected chi connectivity index (χ4v) is 10.1. The van der Waals surface area contributed by atoms with Gasteiger partial charge in [-0.15, -0.1) is 0 Å². The number of hydrogen-bond donors (Lipinski definition) is 19. The van der Waals surface area contributed by atoms with Gasteiger partial charge < -0.3 is 159 Å². The first-order chi connectivity index (χ1) is 37.4. The summed E-state index contributed by atoms with van der Waals surface area (Å²) in [5, 5.41) is 203. The van der Waals surface area contributed by atoms with E-state index in [1.165, 1.54) is 20.8 Å². The van der Waals surface area contributed by atoms with Crippen LogP contribution in [0.2, 0.25) is 0 Å². The van der Waals surface area contributed by atoms with Crippen LogP contribution in [0.4, 0.5) is 0 Å². The van der Waals surface area contributed by atoms with Crippen LogP contribution in [0.5, 0.6) is 0 Å². The zero-order chi connectivity index (χ0) is 58.5. The van der Waals surface area contributed by atoms with E-state index in [0.717, 1.165) is 0 Å². The van der Waals surface area contributed by atoms with Crippen LogP contribution in [-0.2, 0) is 61.6 Å². The lowest BCUT2D eigenvalue weighted by Crippen LogP contribution is -2.65. The van der Waals surface area contributed by atoms with Crippen molar-refractivity contribution >= 4 is 0 Å². The van der Waals surface area contributed by atoms with E-state index in [4.69, 9.17) is 61.6 Å². The summed E-state index contributed by atoms with van der Waals surface area (Å²) in [6.45, 7) is 0.860. The first-order valence-electron chi connectivity index (χ1n) is 26.3. The van der Waals surface area contributed by atoms with Crippen LogP contribution in [0.25, 0.3) is 0 Å². The molecule has 79 heavy (non-hydrogen) atoms. The number of aliphatic hydroxyl groups is 19. The molecule has 34 atom stereocenters. The van der Waals surface area contributed by atoms with E-state index in [0.29, 0.717) is 0 Å². The smallest absolute Gasteiger partial charge is 0.187 e. The van der Waals surface area contributed by atoms with Gasteiger partial charge in [-0.2, -0.15) is 0 Å². The molecule has 32 heteroatoms. The average molecular weight is 1160 g/mol. The molecule has 0 aliphatic carbocycles. The summed E-state index contributed by atoms with van der Waals surface area (Å²) in [7, 11) is 0. The van der Waals surface area contributed by atoms with Crippen LogP contribution in [-0.4, -0.2) is 340 Å². The molecule has 6 aliphatic heterocycles. The molecule has 6 heterocycles. The molecule has 19 N–H and O–H groups in total. The molecule has 0 saturated carbocycles. The van der Waals surface area contributed by atoms with Crippen LogP contribution >= 0.6 is 0 Å². The molecule has 0 amide bonds. The molecule has 0 radical (unpaired) electrons. The van der Waals surface area contributed by atoms with Gasteiger partial charge in [-0.1, -0.05) is 20.8 Å². The maximum Gasteiger partial charge on any atom is 0.187 e. The Morgan fingerprint density at radius 1 is 0.367 bits per heavy atom. The Labute approximate surface area is 453 Å². The minimum Gasteiger partial charge on any atom is -0.394 e. The van der Waals surface area contributed by atoms with Crippen molar-refractivity contribution in [3.8, 4) is 0 Å². The zero-order valence-corrected chi connectivity index (χ0v) is 44.1. The van der Waals surface area contributed by atoms with Gasteiger partial charge in [-0.25, -0.2) is 0 Å². The third kappa shape index (κ3) is 15.0. The van der Waals surface area contributed by atoms with Crippen molar-refractivity contribution in [2.45, 2.75) is 225 Å². The van der Waals surface area contributed by atoms with Crippen molar-refractivity contribution in [3.05, 3.63) is 0 Å². The molecule has 0 spiro atoms. The summed E-state index contributed by atoms with van der Waals surface area (Å²) in [5.41, 5.74) is 0. The summed E-state index contributed by atoms with van der Waals surface area (Å²) >= 11 is 0. The van der Waals surface area contributed by atoms with Crippen LogP contribution in [0.1, 0.15) is 34.6 Å². The summed E-state index contributed by atoms with van der Waals surface area (Å²) in [5.74, 6) is -2.72. The van der Waals surface area contributed by atoms with Crippen molar-refractivity contribution < 1.29 is 159 Å². The fraction of sp³-hybridized carbons (Fsp3) is 1.00. The van der Waals surface area contributed by atoms with Crippen molar-refractivity contribution in [2.75, 3.05) is 52.9 Å². The first kappa shape index (κ1) is 66.9. The highest BCUT2D eigenvalue weighted by Crippen LogP contribution is 2.38. The first-order valence-corrected chi connectivity index (χ1v) is 26.3. The zero-order valence-electron chi connectivity index (χ0n) is 44.1. The second-order valence-electron chi connectivity index (χ2n) is 21.1. The molecule has 0 aromatic rings. The predicted molar refractivity (Wildman–Crippen MR) is 251 cm³/mol. The topological polar surface area (TPSA) is 504 Å². The lowest BCUT2D eigenvalue weighted by atomic mass is 9.88. The van der Waals surface area contributed by atoms with Crippen molar-refractivity contribution in [1.82, 2.24) is 0 Å². The Hall–Kier alpha value is -1.28. The van der Waals surface area contributed by atoms with E-state index in [9.17, 15) is 97.0 Å². The summed E-state index contributed by atoms with van der Waals surface area (Å²) in [4.78, 5) is 0. The highest BCUT2D eigenvalue weighted by molar-refractivity contribution is 4.97. The number of ether oxygens (including phenoxy) is 13. The molecule has 32 nitrogen and oxygen atoms in total. The molecule has 0 aromatic heterocycles. The maximum atomic E-state index is 11.8. The minimum atomic E-state index is -2.08. The van der Waals surface area contributed by atoms with Gasteiger partial charge >= 0.3 is 0 Å². The standard InChI is InChI=1S/C47H84O32/c1-14-18(5)69-23(9-51)38(27(14)56)76-42-15(2)28(57)39(24(10-52)73-42)77-44(19(55)12-67-45-36(65)33(62)30(59)20(6-48)70-45)75-26(17(4)54)13-68-47-41(35(64)32(61)22(8-50)72-47)79-43-16(3)29(58)40(25(11-53)74-43)78-46-37(66)34(63)31(60)21(7-49)71-46/h14-66H,6-13H2,1-5H3/t14-,15+,16?,17+,18+,19-,20-,21?,22?,23?,24?,25+,26?,27?,28?,29?,30-,31+,32-,33?,34?,35?,36?,37+,38-,39-,40-,41-,42+,43+,44+,45+,46+,47+/m1/s1. The molecule has 6 aliphatic rings. The Bertz CT molecular complexity index is 1770. The highest BCUT2D eigenvalue weighted by atomic mass is 16.8. The van der Waals surface area contributed by atoms with Gasteiger partial charge in [0.05, 0.1) is 83.4 Å². The SMILES string of the molecule is CC1C(O)[C@H](O[C@@H]2OC(CO)[C@H](O)C(O)[C@@H]2O)[C@H](CO)O[C@H]1O[C@@H]1C(O)[C@H](O)C(CO)O[C@@H]1OCC(O[C@@H](O[C@@H]1C(CO)O[C@@H](O[C@@H]2C(CO)O[C@@H](C)[C@@H](C)C2O)[C@@H](C)C1O)[C@H](O)CO[C@H]1O[C@H](CO)[C@@H](O)C(O)C1O)[C@H](C)O. The van der Waals surface area contributed by atoms with Crippen LogP contribution in [0.3, 0.4) is 0 Å². The monoisotopic (exact) mass is 1160 g/mol. The number of rotatable bonds is 24. The van der Waals surface area contributed by atoms with Gasteiger partial charge in [-0.05, 0) is 13.8 Å². The maximum absolute atomic E-state index is 11.8. The van der Waals surface area contributed by atoms with Crippen LogP contribution < -0.4 is 0 Å². The summed E-state index contributed by atoms with van der Waals surface area (Å²) < 4.78 is 76.2. The predicted octanol–water partition coefficient (Wildman–Crippen LogP) is -10.7. The van der Waals surface area contributed by atoms with Crippen LogP contribution in [0, 0.1) is 17.8 Å². The Morgan fingerprint density at radius 3 is 1.25 bits per heavy atom. The molecular weight excluding hydrogens is 1080 g/mol. The summed E-state index contributed by atoms with van der Waals surface area (Å²) in [6.07, 6.45) is -50.2. The van der Waals surface area contributed by atoms with Gasteiger partial charge in [0.15, 0.2) is 37.7 Å². The molecule has 6 rings (SSSR count). The summed E-state index contributed by atoms with van der Waals surface area (Å²) in [6, 6.07) is 0. The molecule has 0 aromatic carbocycles. The second kappa shape index (κ2) is 29.7. The largest absolute Gasteiger partial charge is 0.394 e. The van der Waals surface area contributed by atoms with E-state index in [-0.39, 0.29) is 0 Å². The van der Waals surface area contributed by atoms with Gasteiger partial charge in [0.1, 0.15) is 122 Å². The van der Waals surface area contributed by atoms with E-state index in [2.05, 4.69) is 0 Å². The van der Waals surface area contributed by atoms with E-state index in [1.54, 1.807) is 13.8 Å². The third-order valence-corrected chi connectivity index (χ3v) is 15.6. The molecule has 0 bridgehead atoms. The number of aliphatic hydroxyl groups excluding tert-OH is 19. The van der Waals surface area contributed by atoms with E-state index < -0.39 is 261 Å². The van der Waals surface area contributed by atoms with Gasteiger partial charge in [0.2, 0.25) is 0 Å². The molecular formula is C47H84O32. The van der Waals surface area contributed by atoms with Gasteiger partial charge in [0, 0.05) is 17.8 Å². The fourth-order valence-electron chi connectivity index (χ4n) is 10.1. The highest BCUT2D eigenvalue weighted by Gasteiger charge is 2.55. The second-order valence-corrected chi connectivity index (χ2v) is 21.1. The quantitative estimate of drug-likeness (QED) is 0.0399. The Balaban J connectivity index is 1.21. The molecule has 13 unspecified atom stereocenters. The Kier molecular flexibility index (Phi) is 25.1. The van der Waals surface area contributed by atoms with E-state index >= 15 is 0 Å². The lowest BCUT2D eigenvalue weighted by Gasteiger charge is -2.48.